The molecule has 2 aromatic rings. The van der Waals surface area contributed by atoms with Crippen molar-refractivity contribution < 1.29 is 0 Å². The highest BCUT2D eigenvalue weighted by molar-refractivity contribution is 5.81. The SMILES string of the molecule is CN=C(NCCNc1cnccn1)N1CC=C(c2ccccc2)CC1. The molecule has 0 atom stereocenters. The number of nitrogens with one attached hydrogen (secondary N) is 2. The fourth-order valence-corrected chi connectivity index (χ4v) is 2.86. The third kappa shape index (κ3) is 4.79. The van der Waals surface area contributed by atoms with Gasteiger partial charge in [-0.3, -0.25) is 9.98 Å². The first-order chi connectivity index (χ1) is 12.4. The maximum Gasteiger partial charge on any atom is 0.194 e. The average molecular weight is 336 g/mol. The van der Waals surface area contributed by atoms with Crippen molar-refractivity contribution >= 4 is 17.4 Å². The zero-order chi connectivity index (χ0) is 17.3. The van der Waals surface area contributed by atoms with Crippen LogP contribution in [0, 0.1) is 0 Å². The lowest BCUT2D eigenvalue weighted by Crippen LogP contribution is -2.44. The number of guanidine groups is 1. The first kappa shape index (κ1) is 17.0. The number of benzene rings is 1. The molecule has 3 rings (SSSR count). The zero-order valence-electron chi connectivity index (χ0n) is 14.5. The van der Waals surface area contributed by atoms with Crippen molar-refractivity contribution in [2.75, 3.05) is 38.5 Å². The molecule has 0 aliphatic carbocycles. The summed E-state index contributed by atoms with van der Waals surface area (Å²) in [6.07, 6.45) is 8.39. The van der Waals surface area contributed by atoms with E-state index in [1.807, 2.05) is 7.05 Å². The maximum atomic E-state index is 4.40. The molecule has 0 saturated heterocycles. The molecular formula is C19H24N6. The number of anilines is 1. The number of aliphatic imine (C=N–C) groups is 1. The molecular weight excluding hydrogens is 312 g/mol. The van der Waals surface area contributed by atoms with E-state index < -0.39 is 0 Å². The highest BCUT2D eigenvalue weighted by Gasteiger charge is 2.15. The van der Waals surface area contributed by atoms with Crippen LogP contribution in [0.25, 0.3) is 5.57 Å². The Labute approximate surface area is 148 Å². The van der Waals surface area contributed by atoms with E-state index in [1.165, 1.54) is 11.1 Å². The molecule has 0 saturated carbocycles. The fraction of sp³-hybridized carbons (Fsp3) is 0.316. The molecule has 0 bridgehead atoms. The lowest BCUT2D eigenvalue weighted by atomic mass is 10.00. The Hall–Kier alpha value is -2.89. The number of hydrogen-bond acceptors (Lipinski definition) is 4. The van der Waals surface area contributed by atoms with Gasteiger partial charge in [0.15, 0.2) is 5.96 Å². The van der Waals surface area contributed by atoms with Crippen molar-refractivity contribution in [2.24, 2.45) is 4.99 Å². The molecule has 2 N–H and O–H groups in total. The molecule has 0 fully saturated rings. The van der Waals surface area contributed by atoms with E-state index in [2.05, 4.69) is 66.9 Å². The van der Waals surface area contributed by atoms with Crippen LogP contribution in [0.15, 0.2) is 60.0 Å². The molecule has 25 heavy (non-hydrogen) atoms. The molecule has 6 heteroatoms. The van der Waals surface area contributed by atoms with Crippen LogP contribution in [0.2, 0.25) is 0 Å². The van der Waals surface area contributed by atoms with Crippen LogP contribution in [0.3, 0.4) is 0 Å². The number of hydrogen-bond donors (Lipinski definition) is 2. The smallest absolute Gasteiger partial charge is 0.194 e. The minimum absolute atomic E-state index is 0.761. The summed E-state index contributed by atoms with van der Waals surface area (Å²) in [6.45, 7) is 3.38. The lowest BCUT2D eigenvalue weighted by Gasteiger charge is -2.29. The first-order valence-corrected chi connectivity index (χ1v) is 8.57. The Bertz CT molecular complexity index is 711. The second kappa shape index (κ2) is 8.82. The average Bonchev–Trinajstić information content (AvgIpc) is 2.70. The first-order valence-electron chi connectivity index (χ1n) is 8.57. The molecule has 130 valence electrons. The molecule has 6 nitrogen and oxygen atoms in total. The van der Waals surface area contributed by atoms with E-state index >= 15 is 0 Å². The number of rotatable bonds is 5. The van der Waals surface area contributed by atoms with E-state index in [4.69, 9.17) is 0 Å². The van der Waals surface area contributed by atoms with Crippen LogP contribution in [-0.4, -0.2) is 54.1 Å². The molecule has 0 radical (unpaired) electrons. The fourth-order valence-electron chi connectivity index (χ4n) is 2.86. The maximum absolute atomic E-state index is 4.40. The quantitative estimate of drug-likeness (QED) is 0.498. The van der Waals surface area contributed by atoms with E-state index in [-0.39, 0.29) is 0 Å². The van der Waals surface area contributed by atoms with Crippen LogP contribution >= 0.6 is 0 Å². The Kier molecular flexibility index (Phi) is 5.98. The Morgan fingerprint density at radius 1 is 1.20 bits per heavy atom. The topological polar surface area (TPSA) is 65.4 Å². The minimum atomic E-state index is 0.761. The molecule has 2 heterocycles. The molecule has 0 unspecified atom stereocenters. The van der Waals surface area contributed by atoms with Crippen molar-refractivity contribution in [3.8, 4) is 0 Å². The number of aromatic nitrogens is 2. The second-order valence-corrected chi connectivity index (χ2v) is 5.78. The van der Waals surface area contributed by atoms with Gasteiger partial charge in [0.1, 0.15) is 5.82 Å². The van der Waals surface area contributed by atoms with Crippen molar-refractivity contribution in [3.05, 3.63) is 60.6 Å². The zero-order valence-corrected chi connectivity index (χ0v) is 14.5. The summed E-state index contributed by atoms with van der Waals surface area (Å²) in [5.41, 5.74) is 2.73. The van der Waals surface area contributed by atoms with Crippen LogP contribution in [-0.2, 0) is 0 Å². The lowest BCUT2D eigenvalue weighted by molar-refractivity contribution is 0.441. The van der Waals surface area contributed by atoms with Gasteiger partial charge in [-0.15, -0.1) is 0 Å². The van der Waals surface area contributed by atoms with Gasteiger partial charge in [0.25, 0.3) is 0 Å². The normalized spacial score (nSPS) is 14.8. The summed E-state index contributed by atoms with van der Waals surface area (Å²) in [5, 5.41) is 6.63. The van der Waals surface area contributed by atoms with Gasteiger partial charge >= 0.3 is 0 Å². The predicted molar refractivity (Wildman–Crippen MR) is 102 cm³/mol. The number of nitrogens with zero attached hydrogens (tertiary/aromatic N) is 4. The van der Waals surface area contributed by atoms with Crippen molar-refractivity contribution in [3.63, 3.8) is 0 Å². The van der Waals surface area contributed by atoms with Gasteiger partial charge in [-0.1, -0.05) is 36.4 Å². The standard InChI is InChI=1S/C19H24N6/c1-20-19(24-12-11-23-18-15-21-9-10-22-18)25-13-7-17(8-14-25)16-5-3-2-4-6-16/h2-7,9-10,15H,8,11-14H2,1H3,(H,20,24)(H,22,23). The van der Waals surface area contributed by atoms with Gasteiger partial charge in [-0.05, 0) is 17.6 Å². The van der Waals surface area contributed by atoms with Gasteiger partial charge < -0.3 is 15.5 Å². The monoisotopic (exact) mass is 336 g/mol. The van der Waals surface area contributed by atoms with Crippen LogP contribution in [0.4, 0.5) is 5.82 Å². The van der Waals surface area contributed by atoms with Crippen LogP contribution in [0.1, 0.15) is 12.0 Å². The van der Waals surface area contributed by atoms with Crippen molar-refractivity contribution in [1.29, 1.82) is 0 Å². The third-order valence-corrected chi connectivity index (χ3v) is 4.14. The molecule has 1 aromatic carbocycles. The van der Waals surface area contributed by atoms with E-state index in [0.29, 0.717) is 0 Å². The minimum Gasteiger partial charge on any atom is -0.367 e. The van der Waals surface area contributed by atoms with E-state index in [1.54, 1.807) is 18.6 Å². The van der Waals surface area contributed by atoms with Gasteiger partial charge in [-0.25, -0.2) is 4.98 Å². The summed E-state index contributed by atoms with van der Waals surface area (Å²) < 4.78 is 0. The third-order valence-electron chi connectivity index (χ3n) is 4.14. The molecule has 0 amide bonds. The van der Waals surface area contributed by atoms with Gasteiger partial charge in [0.2, 0.25) is 0 Å². The molecule has 1 aliphatic rings. The Morgan fingerprint density at radius 2 is 2.08 bits per heavy atom. The van der Waals surface area contributed by atoms with Crippen molar-refractivity contribution in [1.82, 2.24) is 20.2 Å². The summed E-state index contributed by atoms with van der Waals surface area (Å²) in [5.74, 6) is 1.72. The Balaban J connectivity index is 1.47. The van der Waals surface area contributed by atoms with E-state index in [0.717, 1.165) is 44.4 Å². The highest BCUT2D eigenvalue weighted by atomic mass is 15.3. The molecule has 0 spiro atoms. The molecule has 1 aliphatic heterocycles. The van der Waals surface area contributed by atoms with Crippen LogP contribution < -0.4 is 10.6 Å². The highest BCUT2D eigenvalue weighted by Crippen LogP contribution is 2.21. The van der Waals surface area contributed by atoms with Gasteiger partial charge in [0.05, 0.1) is 6.20 Å². The summed E-state index contributed by atoms with van der Waals surface area (Å²) in [6, 6.07) is 10.6. The predicted octanol–water partition coefficient (Wildman–Crippen LogP) is 2.25. The van der Waals surface area contributed by atoms with Gasteiger partial charge in [0, 0.05) is 45.6 Å². The van der Waals surface area contributed by atoms with E-state index in [9.17, 15) is 0 Å². The van der Waals surface area contributed by atoms with Crippen molar-refractivity contribution in [2.45, 2.75) is 6.42 Å². The summed E-state index contributed by atoms with van der Waals surface area (Å²) in [7, 11) is 1.83. The summed E-state index contributed by atoms with van der Waals surface area (Å²) in [4.78, 5) is 14.9. The summed E-state index contributed by atoms with van der Waals surface area (Å²) >= 11 is 0. The second-order valence-electron chi connectivity index (χ2n) is 5.78. The van der Waals surface area contributed by atoms with Gasteiger partial charge in [-0.2, -0.15) is 0 Å². The van der Waals surface area contributed by atoms with Crippen LogP contribution in [0.5, 0.6) is 0 Å². The molecule has 1 aromatic heterocycles. The largest absolute Gasteiger partial charge is 0.367 e. The Morgan fingerprint density at radius 3 is 2.76 bits per heavy atom.